The Kier molecular flexibility index (Phi) is 7.72. The second-order valence-electron chi connectivity index (χ2n) is 4.75. The lowest BCUT2D eigenvalue weighted by molar-refractivity contribution is 0.581. The van der Waals surface area contributed by atoms with E-state index in [-0.39, 0.29) is 6.04 Å². The Balaban J connectivity index is 2.17. The van der Waals surface area contributed by atoms with Gasteiger partial charge in [0, 0.05) is 5.69 Å². The van der Waals surface area contributed by atoms with E-state index in [4.69, 9.17) is 5.26 Å². The van der Waals surface area contributed by atoms with Crippen LogP contribution in [0.15, 0.2) is 30.3 Å². The molecule has 1 aromatic rings. The summed E-state index contributed by atoms with van der Waals surface area (Å²) in [6.07, 6.45) is 8.59. The molecule has 1 rings (SSSR count). The molecule has 0 saturated carbocycles. The molecule has 18 heavy (non-hydrogen) atoms. The first-order valence-corrected chi connectivity index (χ1v) is 7.08. The van der Waals surface area contributed by atoms with E-state index >= 15 is 0 Å². The quantitative estimate of drug-likeness (QED) is 0.637. The first-order valence-electron chi connectivity index (χ1n) is 7.08. The van der Waals surface area contributed by atoms with Gasteiger partial charge in [0.1, 0.15) is 6.04 Å². The first kappa shape index (κ1) is 14.6. The van der Waals surface area contributed by atoms with E-state index in [0.717, 1.165) is 18.5 Å². The topological polar surface area (TPSA) is 35.8 Å². The zero-order valence-corrected chi connectivity index (χ0v) is 11.4. The summed E-state index contributed by atoms with van der Waals surface area (Å²) in [6.45, 7) is 2.23. The summed E-state index contributed by atoms with van der Waals surface area (Å²) in [6, 6.07) is 12.3. The van der Waals surface area contributed by atoms with Gasteiger partial charge in [-0.25, -0.2) is 0 Å². The smallest absolute Gasteiger partial charge is 0.114 e. The zero-order valence-electron chi connectivity index (χ0n) is 11.4. The number of nitrogens with one attached hydrogen (secondary N) is 1. The minimum Gasteiger partial charge on any atom is -0.370 e. The Hall–Kier alpha value is -1.49. The molecule has 98 valence electrons. The Labute approximate surface area is 111 Å². The Bertz CT molecular complexity index is 340. The van der Waals surface area contributed by atoms with E-state index in [1.807, 2.05) is 30.3 Å². The van der Waals surface area contributed by atoms with E-state index < -0.39 is 0 Å². The molecule has 0 radical (unpaired) electrons. The van der Waals surface area contributed by atoms with Gasteiger partial charge in [-0.1, -0.05) is 63.6 Å². The summed E-state index contributed by atoms with van der Waals surface area (Å²) in [5, 5.41) is 12.4. The van der Waals surface area contributed by atoms with Crippen molar-refractivity contribution in [1.29, 1.82) is 5.26 Å². The summed E-state index contributed by atoms with van der Waals surface area (Å²) < 4.78 is 0. The van der Waals surface area contributed by atoms with Gasteiger partial charge in [-0.2, -0.15) is 5.26 Å². The van der Waals surface area contributed by atoms with Crippen LogP contribution < -0.4 is 5.32 Å². The molecule has 0 bridgehead atoms. The molecule has 0 saturated heterocycles. The van der Waals surface area contributed by atoms with Crippen LogP contribution in [0.5, 0.6) is 0 Å². The van der Waals surface area contributed by atoms with Gasteiger partial charge in [0.15, 0.2) is 0 Å². The predicted molar refractivity (Wildman–Crippen MR) is 77.5 cm³/mol. The number of rotatable bonds is 9. The van der Waals surface area contributed by atoms with Crippen LogP contribution in [-0.2, 0) is 0 Å². The monoisotopic (exact) mass is 244 g/mol. The molecule has 2 nitrogen and oxygen atoms in total. The highest BCUT2D eigenvalue weighted by Crippen LogP contribution is 2.12. The van der Waals surface area contributed by atoms with Gasteiger partial charge in [-0.3, -0.25) is 0 Å². The van der Waals surface area contributed by atoms with Gasteiger partial charge in [-0.15, -0.1) is 0 Å². The van der Waals surface area contributed by atoms with Crippen molar-refractivity contribution < 1.29 is 0 Å². The van der Waals surface area contributed by atoms with E-state index in [2.05, 4.69) is 18.3 Å². The molecule has 0 aliphatic carbocycles. The molecule has 0 fully saturated rings. The van der Waals surface area contributed by atoms with Gasteiger partial charge in [0.25, 0.3) is 0 Å². The standard InChI is InChI=1S/C16H24N2/c1-2-3-4-5-6-8-13-16(14-17)18-15-11-9-7-10-12-15/h7,9-12,16,18H,2-6,8,13H2,1H3. The van der Waals surface area contributed by atoms with Crippen molar-refractivity contribution in [3.63, 3.8) is 0 Å². The largest absolute Gasteiger partial charge is 0.370 e. The molecule has 0 aliphatic heterocycles. The highest BCUT2D eigenvalue weighted by molar-refractivity contribution is 5.44. The fourth-order valence-electron chi connectivity index (χ4n) is 2.03. The summed E-state index contributed by atoms with van der Waals surface area (Å²) in [5.74, 6) is 0. The molecule has 0 spiro atoms. The molecular formula is C16H24N2. The SMILES string of the molecule is CCCCCCCCC(C#N)Nc1ccccc1. The van der Waals surface area contributed by atoms with Gasteiger partial charge in [0.2, 0.25) is 0 Å². The lowest BCUT2D eigenvalue weighted by atomic mass is 10.1. The summed E-state index contributed by atoms with van der Waals surface area (Å²) >= 11 is 0. The van der Waals surface area contributed by atoms with Gasteiger partial charge in [-0.05, 0) is 18.6 Å². The van der Waals surface area contributed by atoms with E-state index in [0.29, 0.717) is 0 Å². The van der Waals surface area contributed by atoms with Crippen molar-refractivity contribution in [1.82, 2.24) is 0 Å². The third-order valence-electron chi connectivity index (χ3n) is 3.12. The highest BCUT2D eigenvalue weighted by atomic mass is 14.9. The second-order valence-corrected chi connectivity index (χ2v) is 4.75. The Morgan fingerprint density at radius 2 is 1.72 bits per heavy atom. The molecule has 0 aliphatic rings. The normalized spacial score (nSPS) is 11.8. The van der Waals surface area contributed by atoms with Gasteiger partial charge >= 0.3 is 0 Å². The molecule has 2 heteroatoms. The van der Waals surface area contributed by atoms with Crippen LogP contribution in [0, 0.1) is 11.3 Å². The third-order valence-corrected chi connectivity index (χ3v) is 3.12. The number of para-hydroxylation sites is 1. The van der Waals surface area contributed by atoms with Gasteiger partial charge < -0.3 is 5.32 Å². The minimum absolute atomic E-state index is 0.0569. The van der Waals surface area contributed by atoms with Crippen LogP contribution in [0.2, 0.25) is 0 Å². The number of nitrogens with zero attached hydrogens (tertiary/aromatic N) is 1. The van der Waals surface area contributed by atoms with Crippen LogP contribution in [0.25, 0.3) is 0 Å². The van der Waals surface area contributed by atoms with E-state index in [1.54, 1.807) is 0 Å². The van der Waals surface area contributed by atoms with Crippen molar-refractivity contribution >= 4 is 5.69 Å². The number of hydrogen-bond donors (Lipinski definition) is 1. The average Bonchev–Trinajstić information content (AvgIpc) is 2.42. The maximum absolute atomic E-state index is 9.12. The van der Waals surface area contributed by atoms with Gasteiger partial charge in [0.05, 0.1) is 6.07 Å². The van der Waals surface area contributed by atoms with Crippen LogP contribution >= 0.6 is 0 Å². The van der Waals surface area contributed by atoms with Crippen LogP contribution in [0.1, 0.15) is 51.9 Å². The Morgan fingerprint density at radius 1 is 1.06 bits per heavy atom. The number of anilines is 1. The highest BCUT2D eigenvalue weighted by Gasteiger charge is 2.06. The zero-order chi connectivity index (χ0) is 13.1. The molecule has 1 unspecified atom stereocenters. The molecule has 1 aromatic carbocycles. The minimum atomic E-state index is -0.0569. The van der Waals surface area contributed by atoms with Crippen molar-refractivity contribution in [3.05, 3.63) is 30.3 Å². The molecule has 1 N–H and O–H groups in total. The average molecular weight is 244 g/mol. The summed E-state index contributed by atoms with van der Waals surface area (Å²) in [7, 11) is 0. The lowest BCUT2D eigenvalue weighted by Gasteiger charge is -2.12. The molecule has 0 heterocycles. The number of nitriles is 1. The van der Waals surface area contributed by atoms with E-state index in [9.17, 15) is 0 Å². The predicted octanol–water partition coefficient (Wildman–Crippen LogP) is 4.74. The van der Waals surface area contributed by atoms with Crippen LogP contribution in [-0.4, -0.2) is 6.04 Å². The summed E-state index contributed by atoms with van der Waals surface area (Å²) in [5.41, 5.74) is 1.04. The molecule has 0 amide bonds. The van der Waals surface area contributed by atoms with Crippen molar-refractivity contribution in [2.75, 3.05) is 5.32 Å². The number of unbranched alkanes of at least 4 members (excludes halogenated alkanes) is 5. The lowest BCUT2D eigenvalue weighted by Crippen LogP contribution is -2.16. The number of benzene rings is 1. The maximum atomic E-state index is 9.12. The first-order chi connectivity index (χ1) is 8.86. The maximum Gasteiger partial charge on any atom is 0.114 e. The van der Waals surface area contributed by atoms with Crippen molar-refractivity contribution in [2.24, 2.45) is 0 Å². The Morgan fingerprint density at radius 3 is 2.39 bits per heavy atom. The number of hydrogen-bond acceptors (Lipinski definition) is 2. The fourth-order valence-corrected chi connectivity index (χ4v) is 2.03. The third kappa shape index (κ3) is 6.30. The van der Waals surface area contributed by atoms with E-state index in [1.165, 1.54) is 32.1 Å². The van der Waals surface area contributed by atoms with Crippen LogP contribution in [0.4, 0.5) is 5.69 Å². The van der Waals surface area contributed by atoms with Crippen LogP contribution in [0.3, 0.4) is 0 Å². The fraction of sp³-hybridized carbons (Fsp3) is 0.562. The second kappa shape index (κ2) is 9.53. The summed E-state index contributed by atoms with van der Waals surface area (Å²) in [4.78, 5) is 0. The van der Waals surface area contributed by atoms with Crippen molar-refractivity contribution in [2.45, 2.75) is 57.9 Å². The molecule has 0 aromatic heterocycles. The molecular weight excluding hydrogens is 220 g/mol. The van der Waals surface area contributed by atoms with Crippen molar-refractivity contribution in [3.8, 4) is 6.07 Å². The molecule has 1 atom stereocenters.